The molecule has 4 nitrogen and oxygen atoms in total. The highest BCUT2D eigenvalue weighted by atomic mass is 15.2. The van der Waals surface area contributed by atoms with Crippen LogP contribution in [0.15, 0.2) is 6.07 Å². The zero-order chi connectivity index (χ0) is 12.7. The molecule has 2 aliphatic rings. The van der Waals surface area contributed by atoms with Crippen molar-refractivity contribution in [1.82, 2.24) is 9.97 Å². The fourth-order valence-electron chi connectivity index (χ4n) is 3.43. The molecule has 1 saturated carbocycles. The molecule has 3 rings (SSSR count). The van der Waals surface area contributed by atoms with Crippen LogP contribution in [0.5, 0.6) is 0 Å². The fraction of sp³-hybridized carbons (Fsp3) is 0.714. The van der Waals surface area contributed by atoms with E-state index in [0.717, 1.165) is 42.8 Å². The Morgan fingerprint density at radius 1 is 1.33 bits per heavy atom. The number of nitrogens with zero attached hydrogens (tertiary/aromatic N) is 3. The van der Waals surface area contributed by atoms with Crippen molar-refractivity contribution in [3.05, 3.63) is 17.6 Å². The molecule has 0 spiro atoms. The first-order valence-electron chi connectivity index (χ1n) is 7.02. The number of fused-ring (bicyclic) bond motifs is 1. The molecule has 0 bridgehead atoms. The number of nitrogens with two attached hydrogens (primary N) is 1. The lowest BCUT2D eigenvalue weighted by atomic mass is 9.98. The molecule has 3 atom stereocenters. The van der Waals surface area contributed by atoms with Crippen LogP contribution in [0.25, 0.3) is 0 Å². The fourth-order valence-corrected chi connectivity index (χ4v) is 3.43. The third-order valence-corrected chi connectivity index (χ3v) is 4.44. The van der Waals surface area contributed by atoms with Gasteiger partial charge in [-0.3, -0.25) is 0 Å². The Kier molecular flexibility index (Phi) is 2.98. The topological polar surface area (TPSA) is 55.0 Å². The van der Waals surface area contributed by atoms with E-state index in [1.54, 1.807) is 0 Å². The average Bonchev–Trinajstić information content (AvgIpc) is 2.91. The Morgan fingerprint density at radius 3 is 2.89 bits per heavy atom. The van der Waals surface area contributed by atoms with Gasteiger partial charge in [0.1, 0.15) is 11.6 Å². The highest BCUT2D eigenvalue weighted by Crippen LogP contribution is 2.38. The maximum absolute atomic E-state index is 6.19. The summed E-state index contributed by atoms with van der Waals surface area (Å²) in [6.07, 6.45) is 3.38. The van der Waals surface area contributed by atoms with Crippen molar-refractivity contribution >= 4 is 5.82 Å². The smallest absolute Gasteiger partial charge is 0.132 e. The van der Waals surface area contributed by atoms with E-state index in [1.165, 1.54) is 12.8 Å². The number of aryl methyl sites for hydroxylation is 2. The summed E-state index contributed by atoms with van der Waals surface area (Å²) in [5, 5.41) is 0. The summed E-state index contributed by atoms with van der Waals surface area (Å²) in [6, 6.07) is 2.50. The molecule has 1 aromatic heterocycles. The SMILES string of the molecule is CCc1nc(C)cc(N2CC3CCC(N)C3C2)n1. The van der Waals surface area contributed by atoms with Crippen molar-refractivity contribution < 1.29 is 0 Å². The molecule has 0 aromatic carbocycles. The van der Waals surface area contributed by atoms with Crippen molar-refractivity contribution in [3.8, 4) is 0 Å². The number of hydrogen-bond acceptors (Lipinski definition) is 4. The molecule has 2 N–H and O–H groups in total. The number of rotatable bonds is 2. The van der Waals surface area contributed by atoms with E-state index in [9.17, 15) is 0 Å². The van der Waals surface area contributed by atoms with Gasteiger partial charge in [0.15, 0.2) is 0 Å². The minimum absolute atomic E-state index is 0.397. The zero-order valence-corrected chi connectivity index (χ0v) is 11.3. The molecular formula is C14H22N4. The normalized spacial score (nSPS) is 30.8. The third-order valence-electron chi connectivity index (χ3n) is 4.44. The van der Waals surface area contributed by atoms with Crippen LogP contribution in [0, 0.1) is 18.8 Å². The van der Waals surface area contributed by atoms with Crippen LogP contribution in [-0.2, 0) is 6.42 Å². The summed E-state index contributed by atoms with van der Waals surface area (Å²) in [6.45, 7) is 6.35. The Morgan fingerprint density at radius 2 is 2.17 bits per heavy atom. The van der Waals surface area contributed by atoms with Crippen molar-refractivity contribution in [2.24, 2.45) is 17.6 Å². The molecule has 2 fully saturated rings. The van der Waals surface area contributed by atoms with Gasteiger partial charge in [0.2, 0.25) is 0 Å². The summed E-state index contributed by atoms with van der Waals surface area (Å²) in [5.41, 5.74) is 7.25. The van der Waals surface area contributed by atoms with E-state index in [4.69, 9.17) is 5.73 Å². The van der Waals surface area contributed by atoms with Gasteiger partial charge in [0, 0.05) is 37.3 Å². The van der Waals surface area contributed by atoms with Gasteiger partial charge in [0.05, 0.1) is 0 Å². The Labute approximate surface area is 109 Å². The maximum Gasteiger partial charge on any atom is 0.132 e. The van der Waals surface area contributed by atoms with E-state index >= 15 is 0 Å². The minimum Gasteiger partial charge on any atom is -0.356 e. The van der Waals surface area contributed by atoms with Crippen molar-refractivity contribution in [3.63, 3.8) is 0 Å². The highest BCUT2D eigenvalue weighted by Gasteiger charge is 2.41. The van der Waals surface area contributed by atoms with Gasteiger partial charge in [-0.2, -0.15) is 0 Å². The van der Waals surface area contributed by atoms with Crippen molar-refractivity contribution in [2.75, 3.05) is 18.0 Å². The molecule has 4 heteroatoms. The third kappa shape index (κ3) is 1.99. The first kappa shape index (κ1) is 11.9. The molecule has 0 radical (unpaired) electrons. The van der Waals surface area contributed by atoms with Gasteiger partial charge >= 0.3 is 0 Å². The molecule has 98 valence electrons. The van der Waals surface area contributed by atoms with Crippen LogP contribution in [0.1, 0.15) is 31.3 Å². The second-order valence-corrected chi connectivity index (χ2v) is 5.71. The molecule has 1 saturated heterocycles. The van der Waals surface area contributed by atoms with E-state index in [1.807, 2.05) is 6.92 Å². The van der Waals surface area contributed by atoms with Crippen molar-refractivity contribution in [1.29, 1.82) is 0 Å². The summed E-state index contributed by atoms with van der Waals surface area (Å²) >= 11 is 0. The number of anilines is 1. The first-order chi connectivity index (χ1) is 8.67. The predicted octanol–water partition coefficient (Wildman–Crippen LogP) is 1.52. The first-order valence-corrected chi connectivity index (χ1v) is 7.02. The lowest BCUT2D eigenvalue weighted by molar-refractivity contribution is 0.453. The molecule has 1 aliphatic carbocycles. The number of hydrogen-bond donors (Lipinski definition) is 1. The Balaban J connectivity index is 1.82. The van der Waals surface area contributed by atoms with Gasteiger partial charge in [-0.25, -0.2) is 9.97 Å². The molecule has 18 heavy (non-hydrogen) atoms. The average molecular weight is 246 g/mol. The predicted molar refractivity (Wildman–Crippen MR) is 72.5 cm³/mol. The molecule has 3 unspecified atom stereocenters. The van der Waals surface area contributed by atoms with Crippen LogP contribution >= 0.6 is 0 Å². The van der Waals surface area contributed by atoms with E-state index in [2.05, 4.69) is 27.9 Å². The van der Waals surface area contributed by atoms with Gasteiger partial charge in [0.25, 0.3) is 0 Å². The minimum atomic E-state index is 0.397. The molecule has 0 amide bonds. The van der Waals surface area contributed by atoms with E-state index in [-0.39, 0.29) is 0 Å². The molecule has 1 aromatic rings. The van der Waals surface area contributed by atoms with E-state index < -0.39 is 0 Å². The van der Waals surface area contributed by atoms with Crippen molar-refractivity contribution in [2.45, 2.75) is 39.2 Å². The maximum atomic E-state index is 6.19. The van der Waals surface area contributed by atoms with Crippen LogP contribution in [0.4, 0.5) is 5.82 Å². The summed E-state index contributed by atoms with van der Waals surface area (Å²) in [7, 11) is 0. The molecule has 1 aliphatic heterocycles. The van der Waals surface area contributed by atoms with E-state index in [0.29, 0.717) is 12.0 Å². The summed E-state index contributed by atoms with van der Waals surface area (Å²) in [5.74, 6) is 3.50. The zero-order valence-electron chi connectivity index (χ0n) is 11.3. The van der Waals surface area contributed by atoms with Crippen LogP contribution in [0.2, 0.25) is 0 Å². The van der Waals surface area contributed by atoms with Gasteiger partial charge in [-0.1, -0.05) is 6.92 Å². The largest absolute Gasteiger partial charge is 0.356 e. The lowest BCUT2D eigenvalue weighted by Crippen LogP contribution is -2.30. The monoisotopic (exact) mass is 246 g/mol. The van der Waals surface area contributed by atoms with Crippen LogP contribution < -0.4 is 10.6 Å². The Bertz CT molecular complexity index is 445. The highest BCUT2D eigenvalue weighted by molar-refractivity contribution is 5.42. The lowest BCUT2D eigenvalue weighted by Gasteiger charge is -2.20. The quantitative estimate of drug-likeness (QED) is 0.859. The molecular weight excluding hydrogens is 224 g/mol. The molecule has 2 heterocycles. The second kappa shape index (κ2) is 4.50. The second-order valence-electron chi connectivity index (χ2n) is 5.71. The van der Waals surface area contributed by atoms with Gasteiger partial charge in [-0.05, 0) is 31.6 Å². The van der Waals surface area contributed by atoms with Gasteiger partial charge in [-0.15, -0.1) is 0 Å². The summed E-state index contributed by atoms with van der Waals surface area (Å²) in [4.78, 5) is 11.5. The standard InChI is InChI=1S/C14H22N4/c1-3-13-16-9(2)6-14(17-13)18-7-10-4-5-12(15)11(10)8-18/h6,10-12H,3-5,7-8,15H2,1-2H3. The Hall–Kier alpha value is -1.16. The number of aromatic nitrogens is 2. The van der Waals surface area contributed by atoms with Crippen LogP contribution in [-0.4, -0.2) is 29.1 Å². The summed E-state index contributed by atoms with van der Waals surface area (Å²) < 4.78 is 0. The van der Waals surface area contributed by atoms with Gasteiger partial charge < -0.3 is 10.6 Å². The van der Waals surface area contributed by atoms with Crippen LogP contribution in [0.3, 0.4) is 0 Å².